The third-order valence-electron chi connectivity index (χ3n) is 4.80. The standard InChI is InChI=1S/C16H23NO2/c1-3-8-17-9-4-7-16(2)13-10-12(18)5-6-14(13)19-11-15(16)17/h5-6,10,15,18H,3-4,7-9,11H2,1-2H3/t15-,16+/m0/s1. The van der Waals surface area contributed by atoms with Crippen molar-refractivity contribution in [1.82, 2.24) is 4.90 Å². The number of likely N-dealkylation sites (tertiary alicyclic amines) is 1. The molecule has 2 heterocycles. The topological polar surface area (TPSA) is 32.7 Å². The normalized spacial score (nSPS) is 30.3. The lowest BCUT2D eigenvalue weighted by molar-refractivity contribution is 0.0222. The van der Waals surface area contributed by atoms with Gasteiger partial charge in [-0.15, -0.1) is 0 Å². The Labute approximate surface area is 115 Å². The van der Waals surface area contributed by atoms with Gasteiger partial charge in [0, 0.05) is 11.0 Å². The van der Waals surface area contributed by atoms with Gasteiger partial charge in [0.05, 0.1) is 6.04 Å². The molecule has 2 aliphatic heterocycles. The fourth-order valence-electron chi connectivity index (χ4n) is 3.79. The highest BCUT2D eigenvalue weighted by Crippen LogP contribution is 2.47. The highest BCUT2D eigenvalue weighted by molar-refractivity contribution is 5.47. The molecule has 0 amide bonds. The highest BCUT2D eigenvalue weighted by atomic mass is 16.5. The second-order valence-corrected chi connectivity index (χ2v) is 6.06. The number of hydrogen-bond acceptors (Lipinski definition) is 3. The zero-order valence-electron chi connectivity index (χ0n) is 11.9. The molecule has 0 radical (unpaired) electrons. The largest absolute Gasteiger partial charge is 0.508 e. The number of ether oxygens (including phenoxy) is 1. The molecular weight excluding hydrogens is 238 g/mol. The molecule has 2 aliphatic rings. The van der Waals surface area contributed by atoms with E-state index in [2.05, 4.69) is 18.7 Å². The second kappa shape index (κ2) is 4.71. The molecule has 1 fully saturated rings. The molecule has 0 saturated carbocycles. The van der Waals surface area contributed by atoms with Gasteiger partial charge >= 0.3 is 0 Å². The Balaban J connectivity index is 2.01. The number of aromatic hydroxyl groups is 1. The summed E-state index contributed by atoms with van der Waals surface area (Å²) in [5.74, 6) is 1.30. The summed E-state index contributed by atoms with van der Waals surface area (Å²) in [6.45, 7) is 7.65. The first-order valence-corrected chi connectivity index (χ1v) is 7.35. The van der Waals surface area contributed by atoms with Gasteiger partial charge in [0.2, 0.25) is 0 Å². The lowest BCUT2D eigenvalue weighted by atomic mass is 9.68. The van der Waals surface area contributed by atoms with Crippen molar-refractivity contribution in [2.75, 3.05) is 19.7 Å². The first-order chi connectivity index (χ1) is 9.15. The van der Waals surface area contributed by atoms with Gasteiger partial charge in [0.15, 0.2) is 0 Å². The van der Waals surface area contributed by atoms with E-state index in [0.29, 0.717) is 11.8 Å². The van der Waals surface area contributed by atoms with E-state index in [1.54, 1.807) is 6.07 Å². The molecule has 0 spiro atoms. The predicted molar refractivity (Wildman–Crippen MR) is 75.8 cm³/mol. The van der Waals surface area contributed by atoms with Gasteiger partial charge in [-0.25, -0.2) is 0 Å². The molecular formula is C16H23NO2. The molecule has 3 nitrogen and oxygen atoms in total. The number of rotatable bonds is 2. The minimum absolute atomic E-state index is 0.111. The Morgan fingerprint density at radius 1 is 1.47 bits per heavy atom. The smallest absolute Gasteiger partial charge is 0.123 e. The summed E-state index contributed by atoms with van der Waals surface area (Å²) in [7, 11) is 0. The minimum atomic E-state index is 0.111. The van der Waals surface area contributed by atoms with Crippen LogP contribution in [0.15, 0.2) is 18.2 Å². The number of piperidine rings is 1. The SMILES string of the molecule is CCCN1CCC[C@]2(C)c3cc(O)ccc3OC[C@H]12. The highest BCUT2D eigenvalue weighted by Gasteiger charge is 2.46. The van der Waals surface area contributed by atoms with Crippen LogP contribution in [-0.4, -0.2) is 35.7 Å². The van der Waals surface area contributed by atoms with E-state index in [1.807, 2.05) is 12.1 Å². The zero-order chi connectivity index (χ0) is 13.5. The molecule has 0 aromatic heterocycles. The van der Waals surface area contributed by atoms with E-state index in [9.17, 15) is 5.11 Å². The van der Waals surface area contributed by atoms with Gasteiger partial charge in [0.25, 0.3) is 0 Å². The number of benzene rings is 1. The van der Waals surface area contributed by atoms with Gasteiger partial charge < -0.3 is 9.84 Å². The lowest BCUT2D eigenvalue weighted by Gasteiger charge is -2.51. The summed E-state index contributed by atoms with van der Waals surface area (Å²) in [6, 6.07) is 5.97. The van der Waals surface area contributed by atoms with Gasteiger partial charge in [-0.05, 0) is 50.6 Å². The average molecular weight is 261 g/mol. The maximum absolute atomic E-state index is 9.79. The Morgan fingerprint density at radius 3 is 3.11 bits per heavy atom. The summed E-state index contributed by atoms with van der Waals surface area (Å²) < 4.78 is 5.94. The first kappa shape index (κ1) is 12.8. The van der Waals surface area contributed by atoms with Crippen LogP contribution in [0.25, 0.3) is 0 Å². The van der Waals surface area contributed by atoms with Crippen molar-refractivity contribution in [1.29, 1.82) is 0 Å². The van der Waals surface area contributed by atoms with Crippen LogP contribution in [0.5, 0.6) is 11.5 Å². The van der Waals surface area contributed by atoms with Crippen molar-refractivity contribution in [3.63, 3.8) is 0 Å². The molecule has 0 aliphatic carbocycles. The first-order valence-electron chi connectivity index (χ1n) is 7.35. The molecule has 3 heteroatoms. The Morgan fingerprint density at radius 2 is 2.32 bits per heavy atom. The molecule has 0 unspecified atom stereocenters. The molecule has 2 atom stereocenters. The van der Waals surface area contributed by atoms with Crippen molar-refractivity contribution in [2.45, 2.75) is 44.6 Å². The van der Waals surface area contributed by atoms with E-state index in [1.165, 1.54) is 31.4 Å². The van der Waals surface area contributed by atoms with Crippen LogP contribution in [0, 0.1) is 0 Å². The predicted octanol–water partition coefficient (Wildman–Crippen LogP) is 2.92. The van der Waals surface area contributed by atoms with Gasteiger partial charge in [-0.2, -0.15) is 0 Å². The average Bonchev–Trinajstić information content (AvgIpc) is 2.39. The Kier molecular flexibility index (Phi) is 3.17. The molecule has 1 aromatic carbocycles. The Hall–Kier alpha value is -1.22. The number of hydrogen-bond donors (Lipinski definition) is 1. The van der Waals surface area contributed by atoms with E-state index >= 15 is 0 Å². The second-order valence-electron chi connectivity index (χ2n) is 6.06. The van der Waals surface area contributed by atoms with E-state index < -0.39 is 0 Å². The molecule has 1 N–H and O–H groups in total. The summed E-state index contributed by atoms with van der Waals surface area (Å²) in [6.07, 6.45) is 3.58. The summed E-state index contributed by atoms with van der Waals surface area (Å²) in [5, 5.41) is 9.79. The van der Waals surface area contributed by atoms with Crippen LogP contribution in [-0.2, 0) is 5.41 Å². The van der Waals surface area contributed by atoms with Crippen LogP contribution in [0.1, 0.15) is 38.7 Å². The number of fused-ring (bicyclic) bond motifs is 3. The zero-order valence-corrected chi connectivity index (χ0v) is 11.9. The van der Waals surface area contributed by atoms with Crippen molar-refractivity contribution in [3.8, 4) is 11.5 Å². The van der Waals surface area contributed by atoms with Crippen LogP contribution in [0.4, 0.5) is 0 Å². The molecule has 1 saturated heterocycles. The van der Waals surface area contributed by atoms with Gasteiger partial charge in [0.1, 0.15) is 18.1 Å². The third-order valence-corrected chi connectivity index (χ3v) is 4.80. The van der Waals surface area contributed by atoms with Gasteiger partial charge in [-0.1, -0.05) is 13.8 Å². The van der Waals surface area contributed by atoms with Crippen LogP contribution in [0.3, 0.4) is 0 Å². The molecule has 1 aromatic rings. The van der Waals surface area contributed by atoms with Crippen molar-refractivity contribution in [3.05, 3.63) is 23.8 Å². The van der Waals surface area contributed by atoms with Crippen LogP contribution in [0.2, 0.25) is 0 Å². The molecule has 0 bridgehead atoms. The fraction of sp³-hybridized carbons (Fsp3) is 0.625. The minimum Gasteiger partial charge on any atom is -0.508 e. The monoisotopic (exact) mass is 261 g/mol. The van der Waals surface area contributed by atoms with E-state index in [4.69, 9.17) is 4.74 Å². The van der Waals surface area contributed by atoms with E-state index in [-0.39, 0.29) is 5.41 Å². The fourth-order valence-corrected chi connectivity index (χ4v) is 3.79. The summed E-state index contributed by atoms with van der Waals surface area (Å²) in [4.78, 5) is 2.57. The Bertz CT molecular complexity index is 472. The number of phenolic OH excluding ortho intramolecular Hbond substituents is 1. The van der Waals surface area contributed by atoms with Crippen LogP contribution < -0.4 is 4.74 Å². The maximum Gasteiger partial charge on any atom is 0.123 e. The molecule has 3 rings (SSSR count). The number of nitrogens with zero attached hydrogens (tertiary/aromatic N) is 1. The lowest BCUT2D eigenvalue weighted by Crippen LogP contribution is -2.58. The molecule has 104 valence electrons. The summed E-state index contributed by atoms with van der Waals surface area (Å²) >= 11 is 0. The van der Waals surface area contributed by atoms with Crippen LogP contribution >= 0.6 is 0 Å². The number of phenols is 1. The summed E-state index contributed by atoms with van der Waals surface area (Å²) in [5.41, 5.74) is 1.30. The quantitative estimate of drug-likeness (QED) is 0.888. The molecule has 19 heavy (non-hydrogen) atoms. The van der Waals surface area contributed by atoms with Crippen molar-refractivity contribution >= 4 is 0 Å². The van der Waals surface area contributed by atoms with Gasteiger partial charge in [-0.3, -0.25) is 4.90 Å². The third kappa shape index (κ3) is 2.00. The van der Waals surface area contributed by atoms with Crippen molar-refractivity contribution in [2.24, 2.45) is 0 Å². The maximum atomic E-state index is 9.79. The van der Waals surface area contributed by atoms with E-state index in [0.717, 1.165) is 18.9 Å². The van der Waals surface area contributed by atoms with Crippen molar-refractivity contribution < 1.29 is 9.84 Å².